The van der Waals surface area contributed by atoms with E-state index in [1.807, 2.05) is 12.1 Å². The summed E-state index contributed by atoms with van der Waals surface area (Å²) >= 11 is 1.07. The second-order valence-electron chi connectivity index (χ2n) is 7.65. The molecule has 2 aromatic carbocycles. The molecule has 0 unspecified atom stereocenters. The van der Waals surface area contributed by atoms with E-state index >= 15 is 0 Å². The molecule has 0 saturated carbocycles. The van der Waals surface area contributed by atoms with E-state index in [4.69, 9.17) is 14.2 Å². The van der Waals surface area contributed by atoms with Crippen LogP contribution in [0.3, 0.4) is 0 Å². The second kappa shape index (κ2) is 9.40. The minimum atomic E-state index is -3.84. The number of nitrogens with one attached hydrogen (secondary N) is 1. The molecule has 0 amide bonds. The number of fused-ring (bicyclic) bond motifs is 1. The number of carbonyl (C=O) groups is 1. The van der Waals surface area contributed by atoms with Gasteiger partial charge in [-0.15, -0.1) is 11.3 Å². The first-order chi connectivity index (χ1) is 15.8. The third kappa shape index (κ3) is 4.96. The minimum absolute atomic E-state index is 0.00887. The Morgan fingerprint density at radius 3 is 2.55 bits per heavy atom. The number of aryl methyl sites for hydroxylation is 3. The Balaban J connectivity index is 1.61. The molecule has 1 aliphatic carbocycles. The van der Waals surface area contributed by atoms with E-state index in [2.05, 4.69) is 9.71 Å². The molecule has 1 aliphatic rings. The van der Waals surface area contributed by atoms with Crippen molar-refractivity contribution < 1.29 is 27.4 Å². The van der Waals surface area contributed by atoms with Crippen LogP contribution in [0, 0.1) is 6.92 Å². The number of hydrogen-bond donors (Lipinski definition) is 1. The maximum Gasteiger partial charge on any atom is 0.341 e. The number of rotatable bonds is 8. The van der Waals surface area contributed by atoms with Gasteiger partial charge in [-0.2, -0.15) is 8.42 Å². The monoisotopic (exact) mass is 488 g/mol. The number of aromatic nitrogens is 1. The van der Waals surface area contributed by atoms with Gasteiger partial charge in [-0.3, -0.25) is 4.72 Å². The zero-order valence-corrected chi connectivity index (χ0v) is 20.1. The predicted octanol–water partition coefficient (Wildman–Crippen LogP) is 4.12. The first-order valence-corrected chi connectivity index (χ1v) is 12.7. The number of carbonyl (C=O) groups excluding carboxylic acids is 1. The van der Waals surface area contributed by atoms with Crippen molar-refractivity contribution in [1.29, 1.82) is 0 Å². The quantitative estimate of drug-likeness (QED) is 0.476. The van der Waals surface area contributed by atoms with E-state index in [0.29, 0.717) is 28.4 Å². The maximum absolute atomic E-state index is 12.9. The van der Waals surface area contributed by atoms with E-state index in [1.54, 1.807) is 30.5 Å². The third-order valence-electron chi connectivity index (χ3n) is 5.33. The van der Waals surface area contributed by atoms with Crippen LogP contribution in [0.5, 0.6) is 11.5 Å². The normalized spacial score (nSPS) is 12.8. The number of nitrogens with zero attached hydrogens (tertiary/aromatic N) is 1. The zero-order valence-electron chi connectivity index (χ0n) is 18.5. The Labute approximate surface area is 196 Å². The Morgan fingerprint density at radius 2 is 1.88 bits per heavy atom. The molecule has 33 heavy (non-hydrogen) atoms. The van der Waals surface area contributed by atoms with Crippen LogP contribution in [0.2, 0.25) is 0 Å². The van der Waals surface area contributed by atoms with Gasteiger partial charge in [-0.1, -0.05) is 6.07 Å². The smallest absolute Gasteiger partial charge is 0.341 e. The van der Waals surface area contributed by atoms with Gasteiger partial charge in [0, 0.05) is 11.1 Å². The van der Waals surface area contributed by atoms with Gasteiger partial charge >= 0.3 is 5.97 Å². The van der Waals surface area contributed by atoms with Crippen LogP contribution in [0.15, 0.2) is 40.1 Å². The van der Waals surface area contributed by atoms with Crippen LogP contribution in [0.1, 0.15) is 39.2 Å². The van der Waals surface area contributed by atoms with Crippen molar-refractivity contribution in [2.45, 2.75) is 37.1 Å². The number of benzene rings is 2. The lowest BCUT2D eigenvalue weighted by Gasteiger charge is -2.16. The molecular formula is C23H24N2O6S2. The highest BCUT2D eigenvalue weighted by Gasteiger charge is 2.23. The summed E-state index contributed by atoms with van der Waals surface area (Å²) in [6, 6.07) is 8.79. The molecule has 10 heteroatoms. The summed E-state index contributed by atoms with van der Waals surface area (Å²) in [5.74, 6) is 0.313. The molecule has 1 aromatic heterocycles. The van der Waals surface area contributed by atoms with E-state index in [0.717, 1.165) is 47.3 Å². The molecule has 0 spiro atoms. The lowest BCUT2D eigenvalue weighted by Crippen LogP contribution is -2.14. The highest BCUT2D eigenvalue weighted by molar-refractivity contribution is 7.94. The van der Waals surface area contributed by atoms with Gasteiger partial charge in [0.2, 0.25) is 4.34 Å². The van der Waals surface area contributed by atoms with Crippen molar-refractivity contribution in [3.8, 4) is 11.5 Å². The fourth-order valence-corrected chi connectivity index (χ4v) is 5.81. The topological polar surface area (TPSA) is 104 Å². The Kier molecular flexibility index (Phi) is 6.57. The number of thiazole rings is 1. The molecular weight excluding hydrogens is 464 g/mol. The summed E-state index contributed by atoms with van der Waals surface area (Å²) < 4.78 is 44.5. The summed E-state index contributed by atoms with van der Waals surface area (Å²) in [5.41, 5.74) is 4.35. The largest absolute Gasteiger partial charge is 0.496 e. The van der Waals surface area contributed by atoms with Crippen molar-refractivity contribution in [2.75, 3.05) is 18.9 Å². The Bertz CT molecular complexity index is 1300. The Hall–Kier alpha value is -3.11. The highest BCUT2D eigenvalue weighted by atomic mass is 32.2. The average Bonchev–Trinajstić information content (AvgIpc) is 3.45. The van der Waals surface area contributed by atoms with Crippen molar-refractivity contribution >= 4 is 33.0 Å². The van der Waals surface area contributed by atoms with Crippen LogP contribution in [-0.2, 0) is 34.2 Å². The molecule has 174 valence electrons. The number of hydrogen-bond acceptors (Lipinski definition) is 8. The number of esters is 1. The number of anilines is 1. The summed E-state index contributed by atoms with van der Waals surface area (Å²) in [7, 11) is -1.06. The lowest BCUT2D eigenvalue weighted by atomic mass is 10.1. The molecule has 0 fully saturated rings. The third-order valence-corrected chi connectivity index (χ3v) is 8.07. The summed E-state index contributed by atoms with van der Waals surface area (Å²) in [4.78, 5) is 16.0. The number of methoxy groups -OCH3 is 2. The van der Waals surface area contributed by atoms with Crippen LogP contribution in [0.25, 0.3) is 0 Å². The number of ether oxygens (including phenoxy) is 3. The summed E-state index contributed by atoms with van der Waals surface area (Å²) in [6.45, 7) is 1.90. The predicted molar refractivity (Wildman–Crippen MR) is 125 cm³/mol. The van der Waals surface area contributed by atoms with Crippen LogP contribution >= 0.6 is 11.3 Å². The minimum Gasteiger partial charge on any atom is -0.496 e. The molecule has 1 heterocycles. The molecule has 8 nitrogen and oxygen atoms in total. The van der Waals surface area contributed by atoms with Crippen LogP contribution in [0.4, 0.5) is 5.69 Å². The summed E-state index contributed by atoms with van der Waals surface area (Å²) in [5, 5.41) is 1.69. The first-order valence-electron chi connectivity index (χ1n) is 10.3. The van der Waals surface area contributed by atoms with E-state index in [-0.39, 0.29) is 10.9 Å². The summed E-state index contributed by atoms with van der Waals surface area (Å²) in [6.07, 6.45) is 2.84. The fraction of sp³-hybridized carbons (Fsp3) is 0.304. The SMILES string of the molecule is COC(=O)c1ccc(COc2cc3c(cc2NS(=O)(=O)c2nc(C)cs2)CCC3)cc1OC. The molecule has 0 aliphatic heterocycles. The van der Waals surface area contributed by atoms with E-state index in [1.165, 1.54) is 14.2 Å². The van der Waals surface area contributed by atoms with Gasteiger partial charge in [0.15, 0.2) is 0 Å². The van der Waals surface area contributed by atoms with Gasteiger partial charge in [0.25, 0.3) is 10.0 Å². The van der Waals surface area contributed by atoms with Gasteiger partial charge in [0.1, 0.15) is 23.7 Å². The van der Waals surface area contributed by atoms with E-state index < -0.39 is 16.0 Å². The number of sulfonamides is 1. The van der Waals surface area contributed by atoms with Crippen molar-refractivity contribution in [3.63, 3.8) is 0 Å². The van der Waals surface area contributed by atoms with Crippen molar-refractivity contribution in [2.24, 2.45) is 0 Å². The molecule has 0 bridgehead atoms. The van der Waals surface area contributed by atoms with Gasteiger partial charge < -0.3 is 14.2 Å². The average molecular weight is 489 g/mol. The first kappa shape index (κ1) is 23.1. The second-order valence-corrected chi connectivity index (χ2v) is 10.4. The van der Waals surface area contributed by atoms with Gasteiger partial charge in [-0.25, -0.2) is 9.78 Å². The van der Waals surface area contributed by atoms with E-state index in [9.17, 15) is 13.2 Å². The molecule has 0 saturated heterocycles. The fourth-order valence-electron chi connectivity index (χ4n) is 3.71. The molecule has 0 atom stereocenters. The standard InChI is InChI=1S/C23H24N2O6S2/c1-14-13-32-23(24-14)33(27,28)25-19-10-16-5-4-6-17(16)11-21(19)31-12-15-7-8-18(22(26)30-3)20(9-15)29-2/h7-11,13,25H,4-6,12H2,1-3H3. The Morgan fingerprint density at radius 1 is 1.12 bits per heavy atom. The van der Waals surface area contributed by atoms with Crippen molar-refractivity contribution in [1.82, 2.24) is 4.98 Å². The molecule has 0 radical (unpaired) electrons. The van der Waals surface area contributed by atoms with Gasteiger partial charge in [-0.05, 0) is 67.1 Å². The zero-order chi connectivity index (χ0) is 23.6. The van der Waals surface area contributed by atoms with Crippen LogP contribution < -0.4 is 14.2 Å². The lowest BCUT2D eigenvalue weighted by molar-refractivity contribution is 0.0597. The van der Waals surface area contributed by atoms with Crippen molar-refractivity contribution in [3.05, 3.63) is 63.7 Å². The van der Waals surface area contributed by atoms with Crippen LogP contribution in [-0.4, -0.2) is 33.6 Å². The highest BCUT2D eigenvalue weighted by Crippen LogP contribution is 2.35. The molecule has 4 rings (SSSR count). The molecule has 1 N–H and O–H groups in total. The maximum atomic E-state index is 12.9. The molecule has 3 aromatic rings. The van der Waals surface area contributed by atoms with Gasteiger partial charge in [0.05, 0.1) is 19.9 Å².